The van der Waals surface area contributed by atoms with Crippen LogP contribution >= 0.6 is 0 Å². The van der Waals surface area contributed by atoms with Gasteiger partial charge in [0.25, 0.3) is 0 Å². The van der Waals surface area contributed by atoms with Crippen molar-refractivity contribution in [3.8, 4) is 0 Å². The van der Waals surface area contributed by atoms with Crippen LogP contribution in [0.4, 0.5) is 0 Å². The SMILES string of the molecule is CCCCCCC/C=C\C/C=C\C/C=C\CCCCCCCCCCC(=O)OC(COC(=O)CCCCCCCCCCCCCC)COC(=O)CCCCCCCCCCCCCCCCCCCCCCCCCCCCC. The molecule has 0 aromatic carbocycles. The minimum absolute atomic E-state index is 0.0694. The van der Waals surface area contributed by atoms with Gasteiger partial charge in [-0.1, -0.05) is 359 Å². The summed E-state index contributed by atoms with van der Waals surface area (Å²) in [4.78, 5) is 38.4. The first-order valence-electron chi connectivity index (χ1n) is 36.0. The molecule has 0 heterocycles. The smallest absolute Gasteiger partial charge is 0.306 e. The van der Waals surface area contributed by atoms with Crippen LogP contribution in [0.25, 0.3) is 0 Å². The number of esters is 3. The van der Waals surface area contributed by atoms with E-state index in [1.165, 1.54) is 283 Å². The molecule has 0 saturated carbocycles. The topological polar surface area (TPSA) is 78.9 Å². The zero-order valence-corrected chi connectivity index (χ0v) is 54.1. The van der Waals surface area contributed by atoms with E-state index >= 15 is 0 Å². The van der Waals surface area contributed by atoms with Crippen molar-refractivity contribution >= 4 is 17.9 Å². The molecule has 6 nitrogen and oxygen atoms in total. The third-order valence-electron chi connectivity index (χ3n) is 16.4. The molecule has 0 N–H and O–H groups in total. The summed E-state index contributed by atoms with van der Waals surface area (Å²) >= 11 is 0. The van der Waals surface area contributed by atoms with Gasteiger partial charge in [-0.25, -0.2) is 0 Å². The van der Waals surface area contributed by atoms with E-state index in [0.29, 0.717) is 19.3 Å². The fraction of sp³-hybridized carbons (Fsp3) is 0.878. The van der Waals surface area contributed by atoms with Gasteiger partial charge in [-0.15, -0.1) is 0 Å². The van der Waals surface area contributed by atoms with Crippen LogP contribution in [0, 0.1) is 0 Å². The molecule has 1 unspecified atom stereocenters. The van der Waals surface area contributed by atoms with Gasteiger partial charge in [0.15, 0.2) is 6.10 Å². The molecule has 0 aromatic heterocycles. The molecule has 0 radical (unpaired) electrons. The number of ether oxygens (including phenoxy) is 3. The minimum atomic E-state index is -0.774. The summed E-state index contributed by atoms with van der Waals surface area (Å²) in [6, 6.07) is 0. The van der Waals surface area contributed by atoms with Crippen molar-refractivity contribution in [2.75, 3.05) is 13.2 Å². The maximum Gasteiger partial charge on any atom is 0.306 e. The first-order chi connectivity index (χ1) is 39.5. The molecular formula is C74H138O6. The number of carbonyl (C=O) groups is 3. The van der Waals surface area contributed by atoms with Crippen LogP contribution in [0.15, 0.2) is 36.5 Å². The lowest BCUT2D eigenvalue weighted by Crippen LogP contribution is -2.30. The van der Waals surface area contributed by atoms with E-state index in [0.717, 1.165) is 77.0 Å². The van der Waals surface area contributed by atoms with E-state index < -0.39 is 6.10 Å². The van der Waals surface area contributed by atoms with Gasteiger partial charge < -0.3 is 14.2 Å². The molecule has 0 spiro atoms. The molecule has 1 atom stereocenters. The van der Waals surface area contributed by atoms with Crippen molar-refractivity contribution in [3.63, 3.8) is 0 Å². The van der Waals surface area contributed by atoms with Crippen LogP contribution in [0.5, 0.6) is 0 Å². The lowest BCUT2D eigenvalue weighted by molar-refractivity contribution is -0.167. The summed E-state index contributed by atoms with van der Waals surface area (Å²) in [6.45, 7) is 6.69. The zero-order valence-electron chi connectivity index (χ0n) is 54.1. The number of carbonyl (C=O) groups excluding carboxylic acids is 3. The van der Waals surface area contributed by atoms with E-state index in [-0.39, 0.29) is 31.1 Å². The highest BCUT2D eigenvalue weighted by Gasteiger charge is 2.19. The van der Waals surface area contributed by atoms with Crippen molar-refractivity contribution < 1.29 is 28.6 Å². The second-order valence-corrected chi connectivity index (χ2v) is 24.5. The zero-order chi connectivity index (χ0) is 57.8. The molecule has 0 rings (SSSR count). The molecule has 0 bridgehead atoms. The van der Waals surface area contributed by atoms with Gasteiger partial charge in [0.05, 0.1) is 0 Å². The fourth-order valence-corrected chi connectivity index (χ4v) is 11.0. The highest BCUT2D eigenvalue weighted by atomic mass is 16.6. The van der Waals surface area contributed by atoms with Crippen molar-refractivity contribution in [2.45, 2.75) is 406 Å². The molecule has 80 heavy (non-hydrogen) atoms. The van der Waals surface area contributed by atoms with Gasteiger partial charge in [-0.05, 0) is 57.8 Å². The van der Waals surface area contributed by atoms with Crippen molar-refractivity contribution in [1.29, 1.82) is 0 Å². The van der Waals surface area contributed by atoms with Crippen molar-refractivity contribution in [1.82, 2.24) is 0 Å². The molecule has 0 aromatic rings. The van der Waals surface area contributed by atoms with Gasteiger partial charge in [0.1, 0.15) is 13.2 Å². The van der Waals surface area contributed by atoms with Gasteiger partial charge in [0, 0.05) is 19.3 Å². The highest BCUT2D eigenvalue weighted by molar-refractivity contribution is 5.71. The Kier molecular flexibility index (Phi) is 67.1. The maximum absolute atomic E-state index is 12.9. The molecule has 0 aliphatic rings. The Bertz CT molecular complexity index is 1340. The van der Waals surface area contributed by atoms with Gasteiger partial charge in [-0.2, -0.15) is 0 Å². The lowest BCUT2D eigenvalue weighted by atomic mass is 10.0. The Morgan fingerprint density at radius 3 is 0.700 bits per heavy atom. The normalized spacial score (nSPS) is 12.2. The average molecular weight is 1120 g/mol. The van der Waals surface area contributed by atoms with Gasteiger partial charge >= 0.3 is 17.9 Å². The standard InChI is InChI=1S/C74H138O6/c1-4-7-10-13-16-19-22-25-27-29-31-33-35-36-37-38-40-41-43-45-47-49-52-55-58-61-64-67-73(76)79-70-71(69-78-72(75)66-63-60-57-54-51-24-21-18-15-12-9-6-3)80-74(77)68-65-62-59-56-53-50-48-46-44-42-39-34-32-30-28-26-23-20-17-14-11-8-5-2/h23,26,30,32,39,42,71H,4-22,24-25,27-29,31,33-38,40-41,43-70H2,1-3H3/b26-23-,32-30-,42-39-. The van der Waals surface area contributed by atoms with E-state index in [9.17, 15) is 14.4 Å². The fourth-order valence-electron chi connectivity index (χ4n) is 11.0. The minimum Gasteiger partial charge on any atom is -0.462 e. The molecule has 6 heteroatoms. The van der Waals surface area contributed by atoms with E-state index in [1.54, 1.807) is 0 Å². The van der Waals surface area contributed by atoms with E-state index in [4.69, 9.17) is 14.2 Å². The second-order valence-electron chi connectivity index (χ2n) is 24.5. The predicted molar refractivity (Wildman–Crippen MR) is 349 cm³/mol. The van der Waals surface area contributed by atoms with Crippen molar-refractivity contribution in [3.05, 3.63) is 36.5 Å². The number of allylic oxidation sites excluding steroid dienone is 6. The van der Waals surface area contributed by atoms with Crippen LogP contribution in [-0.4, -0.2) is 37.2 Å². The summed E-state index contributed by atoms with van der Waals surface area (Å²) in [5.41, 5.74) is 0. The third kappa shape index (κ3) is 66.4. The highest BCUT2D eigenvalue weighted by Crippen LogP contribution is 2.19. The summed E-state index contributed by atoms with van der Waals surface area (Å²) in [5, 5.41) is 0. The molecular weight excluding hydrogens is 985 g/mol. The first-order valence-corrected chi connectivity index (χ1v) is 36.0. The molecule has 0 fully saturated rings. The van der Waals surface area contributed by atoms with Crippen LogP contribution in [-0.2, 0) is 28.6 Å². The summed E-state index contributed by atoms with van der Waals surface area (Å²) in [7, 11) is 0. The molecule has 470 valence electrons. The monoisotopic (exact) mass is 1120 g/mol. The number of unbranched alkanes of at least 4 members (excludes halogenated alkanes) is 50. The van der Waals surface area contributed by atoms with Crippen LogP contribution in [0.3, 0.4) is 0 Å². The van der Waals surface area contributed by atoms with Gasteiger partial charge in [-0.3, -0.25) is 14.4 Å². The predicted octanol–water partition coefficient (Wildman–Crippen LogP) is 24.7. The Morgan fingerprint density at radius 1 is 0.250 bits per heavy atom. The quantitative estimate of drug-likeness (QED) is 0.0261. The largest absolute Gasteiger partial charge is 0.462 e. The van der Waals surface area contributed by atoms with E-state index in [1.807, 2.05) is 0 Å². The lowest BCUT2D eigenvalue weighted by Gasteiger charge is -2.18. The molecule has 0 saturated heterocycles. The Labute approximate surface area is 499 Å². The first kappa shape index (κ1) is 77.6. The van der Waals surface area contributed by atoms with Crippen LogP contribution in [0.1, 0.15) is 400 Å². The van der Waals surface area contributed by atoms with Crippen molar-refractivity contribution in [2.24, 2.45) is 0 Å². The molecule has 0 aliphatic heterocycles. The van der Waals surface area contributed by atoms with Crippen LogP contribution < -0.4 is 0 Å². The van der Waals surface area contributed by atoms with Gasteiger partial charge in [0.2, 0.25) is 0 Å². The summed E-state index contributed by atoms with van der Waals surface area (Å²) in [6.07, 6.45) is 86.1. The molecule has 0 amide bonds. The average Bonchev–Trinajstić information content (AvgIpc) is 3.46. The Hall–Kier alpha value is -2.37. The Balaban J connectivity index is 4.20. The second kappa shape index (κ2) is 69.1. The third-order valence-corrected chi connectivity index (χ3v) is 16.4. The summed E-state index contributed by atoms with van der Waals surface area (Å²) < 4.78 is 17.0. The number of hydrogen-bond acceptors (Lipinski definition) is 6. The van der Waals surface area contributed by atoms with Crippen LogP contribution in [0.2, 0.25) is 0 Å². The molecule has 0 aliphatic carbocycles. The maximum atomic E-state index is 12.9. The summed E-state index contributed by atoms with van der Waals surface area (Å²) in [5.74, 6) is -0.848. The number of hydrogen-bond donors (Lipinski definition) is 0. The Morgan fingerprint density at radius 2 is 0.450 bits per heavy atom. The van der Waals surface area contributed by atoms with E-state index in [2.05, 4.69) is 57.2 Å². The number of rotatable bonds is 67.